The molecule has 1 aromatic carbocycles. The van der Waals surface area contributed by atoms with Crippen molar-refractivity contribution in [1.82, 2.24) is 0 Å². The number of rotatable bonds is 3. The van der Waals surface area contributed by atoms with E-state index in [1.165, 1.54) is 11.1 Å². The van der Waals surface area contributed by atoms with Crippen molar-refractivity contribution in [3.8, 4) is 11.5 Å². The second-order valence-corrected chi connectivity index (χ2v) is 7.21. The molecule has 4 atom stereocenters. The summed E-state index contributed by atoms with van der Waals surface area (Å²) < 4.78 is 11.8. The lowest BCUT2D eigenvalue weighted by Crippen LogP contribution is -2.56. The fourth-order valence-corrected chi connectivity index (χ4v) is 5.47. The molecule has 1 heterocycles. The minimum absolute atomic E-state index is 0.110. The van der Waals surface area contributed by atoms with Crippen LogP contribution in [0.5, 0.6) is 11.5 Å². The molecule has 1 aromatic rings. The maximum Gasteiger partial charge on any atom is 0.174 e. The molecule has 1 aliphatic heterocycles. The van der Waals surface area contributed by atoms with E-state index in [4.69, 9.17) is 9.47 Å². The number of Topliss-reactive ketones (excluding diaryl/α,β-unsaturated/α-hetero) is 1. The monoisotopic (exact) mass is 300 g/mol. The van der Waals surface area contributed by atoms with Gasteiger partial charge in [0.15, 0.2) is 23.4 Å². The van der Waals surface area contributed by atoms with E-state index in [0.29, 0.717) is 18.3 Å². The largest absolute Gasteiger partial charge is 0.493 e. The third-order valence-electron chi connectivity index (χ3n) is 6.15. The number of methoxy groups -OCH3 is 1. The van der Waals surface area contributed by atoms with Crippen LogP contribution in [0.25, 0.3) is 0 Å². The molecule has 3 heteroatoms. The van der Waals surface area contributed by atoms with E-state index in [1.54, 1.807) is 7.11 Å². The molecular formula is C19H24O3. The first kappa shape index (κ1) is 14.1. The first-order chi connectivity index (χ1) is 10.6. The van der Waals surface area contributed by atoms with E-state index in [0.717, 1.165) is 37.2 Å². The number of benzene rings is 1. The van der Waals surface area contributed by atoms with E-state index < -0.39 is 0 Å². The van der Waals surface area contributed by atoms with Gasteiger partial charge in [-0.3, -0.25) is 4.79 Å². The fourth-order valence-electron chi connectivity index (χ4n) is 5.47. The summed E-state index contributed by atoms with van der Waals surface area (Å²) in [6.07, 6.45) is 4.58. The van der Waals surface area contributed by atoms with Crippen LogP contribution in [0.4, 0.5) is 0 Å². The zero-order chi connectivity index (χ0) is 15.5. The van der Waals surface area contributed by atoms with E-state index in [-0.39, 0.29) is 17.3 Å². The lowest BCUT2D eigenvalue weighted by molar-refractivity contribution is -0.134. The smallest absolute Gasteiger partial charge is 0.174 e. The summed E-state index contributed by atoms with van der Waals surface area (Å²) in [7, 11) is 1.68. The van der Waals surface area contributed by atoms with Gasteiger partial charge in [-0.2, -0.15) is 0 Å². The summed E-state index contributed by atoms with van der Waals surface area (Å²) >= 11 is 0. The minimum Gasteiger partial charge on any atom is -0.493 e. The van der Waals surface area contributed by atoms with E-state index in [2.05, 4.69) is 19.9 Å². The zero-order valence-electron chi connectivity index (χ0n) is 13.6. The molecule has 1 unspecified atom stereocenters. The average Bonchev–Trinajstić information content (AvgIpc) is 2.85. The molecular weight excluding hydrogens is 276 g/mol. The van der Waals surface area contributed by atoms with Crippen molar-refractivity contribution in [2.45, 2.75) is 57.5 Å². The van der Waals surface area contributed by atoms with Crippen LogP contribution in [0.2, 0.25) is 0 Å². The molecule has 0 saturated heterocycles. The highest BCUT2D eigenvalue weighted by Crippen LogP contribution is 2.62. The quantitative estimate of drug-likeness (QED) is 0.854. The number of hydrogen-bond acceptors (Lipinski definition) is 3. The zero-order valence-corrected chi connectivity index (χ0v) is 13.6. The van der Waals surface area contributed by atoms with Crippen LogP contribution in [0.15, 0.2) is 12.1 Å². The summed E-state index contributed by atoms with van der Waals surface area (Å²) in [6, 6.07) is 4.19. The number of carbonyl (C=O) groups excluding carboxylic acids is 1. The Labute approximate surface area is 132 Å². The Hall–Kier alpha value is -1.51. The van der Waals surface area contributed by atoms with Gasteiger partial charge in [0, 0.05) is 17.4 Å². The molecule has 1 saturated carbocycles. The van der Waals surface area contributed by atoms with E-state index >= 15 is 0 Å². The number of ketones is 1. The topological polar surface area (TPSA) is 35.5 Å². The van der Waals surface area contributed by atoms with Crippen molar-refractivity contribution >= 4 is 5.78 Å². The number of carbonyl (C=O) groups is 1. The molecule has 3 nitrogen and oxygen atoms in total. The van der Waals surface area contributed by atoms with Crippen molar-refractivity contribution in [2.24, 2.45) is 11.8 Å². The van der Waals surface area contributed by atoms with Crippen LogP contribution in [-0.2, 0) is 16.6 Å². The number of hydrogen-bond donors (Lipinski definition) is 0. The Bertz CT molecular complexity index is 636. The molecule has 0 aromatic heterocycles. The van der Waals surface area contributed by atoms with Gasteiger partial charge in [-0.25, -0.2) is 0 Å². The Kier molecular flexibility index (Phi) is 3.04. The van der Waals surface area contributed by atoms with Gasteiger partial charge in [0.25, 0.3) is 0 Å². The molecule has 4 rings (SSSR count). The molecule has 22 heavy (non-hydrogen) atoms. The van der Waals surface area contributed by atoms with Gasteiger partial charge in [-0.15, -0.1) is 0 Å². The van der Waals surface area contributed by atoms with Gasteiger partial charge in [0.1, 0.15) is 0 Å². The molecule has 1 fully saturated rings. The van der Waals surface area contributed by atoms with Crippen LogP contribution < -0.4 is 9.47 Å². The lowest BCUT2D eigenvalue weighted by Gasteiger charge is -2.50. The van der Waals surface area contributed by atoms with Gasteiger partial charge in [0.05, 0.1) is 7.11 Å². The highest BCUT2D eigenvalue weighted by molar-refractivity contribution is 5.89. The Morgan fingerprint density at radius 2 is 2.23 bits per heavy atom. The Morgan fingerprint density at radius 3 is 2.95 bits per heavy atom. The van der Waals surface area contributed by atoms with E-state index in [9.17, 15) is 4.79 Å². The minimum atomic E-state index is -0.293. The summed E-state index contributed by atoms with van der Waals surface area (Å²) in [6.45, 7) is 4.56. The van der Waals surface area contributed by atoms with Crippen LogP contribution in [-0.4, -0.2) is 19.0 Å². The summed E-state index contributed by atoms with van der Waals surface area (Å²) in [5, 5.41) is 0. The van der Waals surface area contributed by atoms with Crippen molar-refractivity contribution in [1.29, 1.82) is 0 Å². The van der Waals surface area contributed by atoms with Gasteiger partial charge in [0.2, 0.25) is 0 Å². The van der Waals surface area contributed by atoms with Crippen LogP contribution in [0.1, 0.15) is 50.7 Å². The van der Waals surface area contributed by atoms with E-state index in [1.807, 2.05) is 6.07 Å². The van der Waals surface area contributed by atoms with Crippen LogP contribution in [0.3, 0.4) is 0 Å². The second-order valence-electron chi connectivity index (χ2n) is 7.21. The lowest BCUT2D eigenvalue weighted by atomic mass is 9.52. The van der Waals surface area contributed by atoms with Gasteiger partial charge < -0.3 is 9.47 Å². The van der Waals surface area contributed by atoms with Crippen molar-refractivity contribution in [3.05, 3.63) is 23.3 Å². The first-order valence-corrected chi connectivity index (χ1v) is 8.53. The van der Waals surface area contributed by atoms with Gasteiger partial charge >= 0.3 is 0 Å². The third-order valence-corrected chi connectivity index (χ3v) is 6.15. The fraction of sp³-hybridized carbons (Fsp3) is 0.632. The first-order valence-electron chi connectivity index (χ1n) is 8.53. The Balaban J connectivity index is 2.01. The summed E-state index contributed by atoms with van der Waals surface area (Å²) in [5.74, 6) is 3.08. The molecule has 0 N–H and O–H groups in total. The predicted molar refractivity (Wildman–Crippen MR) is 84.6 cm³/mol. The standard InChI is InChI=1S/C19H24O3/c1-4-9-19-13-6-7-14(20)18(19)22-17-15(21-3)8-5-12(16(17)19)10-11(13)2/h5,8,11,13,18H,4,6-7,9-10H2,1-3H3/t11-,13?,18+,19+/m1/s1. The van der Waals surface area contributed by atoms with Crippen molar-refractivity contribution in [3.63, 3.8) is 0 Å². The molecule has 2 aliphatic carbocycles. The third kappa shape index (κ3) is 1.55. The van der Waals surface area contributed by atoms with Crippen LogP contribution in [0, 0.1) is 11.8 Å². The molecule has 0 spiro atoms. The van der Waals surface area contributed by atoms with Crippen LogP contribution >= 0.6 is 0 Å². The summed E-state index contributed by atoms with van der Waals surface area (Å²) in [4.78, 5) is 12.6. The maximum absolute atomic E-state index is 12.6. The average molecular weight is 300 g/mol. The molecule has 0 radical (unpaired) electrons. The van der Waals surface area contributed by atoms with Crippen molar-refractivity contribution in [2.75, 3.05) is 7.11 Å². The highest BCUT2D eigenvalue weighted by Gasteiger charge is 2.62. The maximum atomic E-state index is 12.6. The van der Waals surface area contributed by atoms with Crippen molar-refractivity contribution < 1.29 is 14.3 Å². The molecule has 3 aliphatic rings. The normalized spacial score (nSPS) is 35.0. The molecule has 0 amide bonds. The number of ether oxygens (including phenoxy) is 2. The second kappa shape index (κ2) is 4.74. The summed E-state index contributed by atoms with van der Waals surface area (Å²) in [5.41, 5.74) is 2.56. The molecule has 0 bridgehead atoms. The molecule has 118 valence electrons. The highest BCUT2D eigenvalue weighted by atomic mass is 16.5. The van der Waals surface area contributed by atoms with Gasteiger partial charge in [-0.05, 0) is 42.7 Å². The van der Waals surface area contributed by atoms with Gasteiger partial charge in [-0.1, -0.05) is 26.3 Å². The SMILES string of the molecule is CCC[C@]12c3c4ccc(OC)c3O[C@H]1C(=O)CCC2[C@H](C)C4. The predicted octanol–water partition coefficient (Wildman–Crippen LogP) is 3.67. The Morgan fingerprint density at radius 1 is 1.41 bits per heavy atom.